The van der Waals surface area contributed by atoms with Crippen molar-refractivity contribution in [3.05, 3.63) is 83.4 Å². The lowest BCUT2D eigenvalue weighted by Gasteiger charge is -2.18. The zero-order valence-electron chi connectivity index (χ0n) is 15.9. The largest absolute Gasteiger partial charge is 0.457 e. The van der Waals surface area contributed by atoms with Gasteiger partial charge in [0.2, 0.25) is 0 Å². The molecule has 0 unspecified atom stereocenters. The zero-order chi connectivity index (χ0) is 18.9. The predicted molar refractivity (Wildman–Crippen MR) is 114 cm³/mol. The molecule has 2 N–H and O–H groups in total. The molecule has 1 aliphatic heterocycles. The van der Waals surface area contributed by atoms with E-state index in [1.54, 1.807) is 0 Å². The molecule has 2 aliphatic rings. The Morgan fingerprint density at radius 3 is 2.29 bits per heavy atom. The van der Waals surface area contributed by atoms with Crippen molar-refractivity contribution < 1.29 is 4.74 Å². The summed E-state index contributed by atoms with van der Waals surface area (Å²) in [6.45, 7) is 0.718. The van der Waals surface area contributed by atoms with E-state index in [-0.39, 0.29) is 0 Å². The van der Waals surface area contributed by atoms with E-state index >= 15 is 0 Å². The van der Waals surface area contributed by atoms with Gasteiger partial charge in [0, 0.05) is 5.56 Å². The summed E-state index contributed by atoms with van der Waals surface area (Å²) in [5.74, 6) is 3.02. The molecular weight excluding hydrogens is 344 g/mol. The fourth-order valence-electron chi connectivity index (χ4n) is 4.56. The lowest BCUT2D eigenvalue weighted by atomic mass is 9.86. The summed E-state index contributed by atoms with van der Waals surface area (Å²) in [7, 11) is 0. The first-order valence-corrected chi connectivity index (χ1v) is 10.1. The van der Waals surface area contributed by atoms with Gasteiger partial charge in [0.25, 0.3) is 0 Å². The predicted octanol–water partition coefficient (Wildman–Crippen LogP) is 6.02. The summed E-state index contributed by atoms with van der Waals surface area (Å²) in [5, 5.41) is 0. The summed E-state index contributed by atoms with van der Waals surface area (Å²) in [5.41, 5.74) is 12.6. The third-order valence-electron chi connectivity index (χ3n) is 5.95. The van der Waals surface area contributed by atoms with Crippen LogP contribution in [0.4, 0.5) is 0 Å². The summed E-state index contributed by atoms with van der Waals surface area (Å²) >= 11 is 0. The van der Waals surface area contributed by atoms with E-state index in [0.29, 0.717) is 11.8 Å². The zero-order valence-corrected chi connectivity index (χ0v) is 15.9. The summed E-state index contributed by atoms with van der Waals surface area (Å²) < 4.78 is 5.92. The molecule has 0 amide bonds. The Morgan fingerprint density at radius 1 is 0.821 bits per heavy atom. The lowest BCUT2D eigenvalue weighted by Crippen LogP contribution is -2.13. The second-order valence-electron chi connectivity index (χ2n) is 7.68. The number of ether oxygens (including phenoxy) is 1. The van der Waals surface area contributed by atoms with Gasteiger partial charge in [0.05, 0.1) is 6.54 Å². The van der Waals surface area contributed by atoms with Gasteiger partial charge in [-0.1, -0.05) is 55.3 Å². The Bertz CT molecular complexity index is 1020. The third kappa shape index (κ3) is 3.07. The molecule has 5 rings (SSSR count). The molecule has 3 nitrogen and oxygen atoms in total. The molecule has 0 saturated heterocycles. The van der Waals surface area contributed by atoms with E-state index in [0.717, 1.165) is 29.2 Å². The Morgan fingerprint density at radius 2 is 1.54 bits per heavy atom. The molecular formula is C25H24N2O. The van der Waals surface area contributed by atoms with Crippen LogP contribution in [0.15, 0.2) is 71.7 Å². The van der Waals surface area contributed by atoms with Crippen molar-refractivity contribution in [2.45, 2.75) is 38.1 Å². The Labute approximate surface area is 165 Å². The SMILES string of the molecule is NC1=NCc2c(C3CCCC3)ccc(-c3ccc(Oc4ccccc4)cc3)c21. The lowest BCUT2D eigenvalue weighted by molar-refractivity contribution is 0.483. The van der Waals surface area contributed by atoms with Crippen LogP contribution >= 0.6 is 0 Å². The molecule has 0 atom stereocenters. The van der Waals surface area contributed by atoms with Gasteiger partial charge in [-0.3, -0.25) is 4.99 Å². The molecule has 1 saturated carbocycles. The number of fused-ring (bicyclic) bond motifs is 1. The molecule has 0 aromatic heterocycles. The van der Waals surface area contributed by atoms with Crippen LogP contribution in [0.3, 0.4) is 0 Å². The standard InChI is InChI=1S/C25H24N2O/c26-25-24-22(15-14-21(23(24)16-27-25)17-6-4-5-7-17)18-10-12-20(13-11-18)28-19-8-2-1-3-9-19/h1-3,8-15,17H,4-7,16H2,(H2,26,27). The number of amidine groups is 1. The number of hydrogen-bond acceptors (Lipinski definition) is 3. The monoisotopic (exact) mass is 368 g/mol. The number of nitrogens with two attached hydrogens (primary N) is 1. The van der Waals surface area contributed by atoms with Crippen molar-refractivity contribution in [3.63, 3.8) is 0 Å². The van der Waals surface area contributed by atoms with Crippen molar-refractivity contribution in [1.29, 1.82) is 0 Å². The van der Waals surface area contributed by atoms with Crippen LogP contribution in [0.1, 0.15) is 48.3 Å². The van der Waals surface area contributed by atoms with Crippen molar-refractivity contribution in [3.8, 4) is 22.6 Å². The second kappa shape index (κ2) is 7.16. The fraction of sp³-hybridized carbons (Fsp3) is 0.240. The highest BCUT2D eigenvalue weighted by molar-refractivity contribution is 6.07. The Kier molecular flexibility index (Phi) is 4.36. The Hall–Kier alpha value is -3.07. The van der Waals surface area contributed by atoms with Crippen LogP contribution in [0, 0.1) is 0 Å². The van der Waals surface area contributed by atoms with Gasteiger partial charge in [0.1, 0.15) is 17.3 Å². The number of nitrogens with zero attached hydrogens (tertiary/aromatic N) is 1. The maximum atomic E-state index is 6.31. The first-order chi connectivity index (χ1) is 13.8. The molecule has 1 aliphatic carbocycles. The van der Waals surface area contributed by atoms with E-state index < -0.39 is 0 Å². The molecule has 1 fully saturated rings. The van der Waals surface area contributed by atoms with E-state index in [1.807, 2.05) is 42.5 Å². The molecule has 3 aromatic carbocycles. The van der Waals surface area contributed by atoms with Crippen LogP contribution in [-0.2, 0) is 6.54 Å². The minimum Gasteiger partial charge on any atom is -0.457 e. The van der Waals surface area contributed by atoms with Crippen LogP contribution in [0.5, 0.6) is 11.5 Å². The summed E-state index contributed by atoms with van der Waals surface area (Å²) in [6, 6.07) is 22.6. The van der Waals surface area contributed by atoms with E-state index in [1.165, 1.54) is 42.4 Å². The van der Waals surface area contributed by atoms with Gasteiger partial charge >= 0.3 is 0 Å². The summed E-state index contributed by atoms with van der Waals surface area (Å²) in [4.78, 5) is 4.57. The maximum absolute atomic E-state index is 6.31. The number of benzene rings is 3. The fourth-order valence-corrected chi connectivity index (χ4v) is 4.56. The topological polar surface area (TPSA) is 47.6 Å². The van der Waals surface area contributed by atoms with Gasteiger partial charge in [-0.05, 0) is 65.3 Å². The van der Waals surface area contributed by atoms with Gasteiger partial charge in [0.15, 0.2) is 0 Å². The van der Waals surface area contributed by atoms with Crippen LogP contribution in [-0.4, -0.2) is 5.84 Å². The van der Waals surface area contributed by atoms with Gasteiger partial charge in [-0.2, -0.15) is 0 Å². The highest BCUT2D eigenvalue weighted by Crippen LogP contribution is 2.41. The third-order valence-corrected chi connectivity index (χ3v) is 5.95. The Balaban J connectivity index is 1.48. The van der Waals surface area contributed by atoms with Crippen molar-refractivity contribution in [1.82, 2.24) is 0 Å². The van der Waals surface area contributed by atoms with Gasteiger partial charge < -0.3 is 10.5 Å². The summed E-state index contributed by atoms with van der Waals surface area (Å²) in [6.07, 6.45) is 5.25. The maximum Gasteiger partial charge on any atom is 0.127 e. The first kappa shape index (κ1) is 17.1. The van der Waals surface area contributed by atoms with Crippen molar-refractivity contribution >= 4 is 5.84 Å². The van der Waals surface area contributed by atoms with E-state index in [9.17, 15) is 0 Å². The number of rotatable bonds is 4. The van der Waals surface area contributed by atoms with Crippen LogP contribution in [0.25, 0.3) is 11.1 Å². The molecule has 0 spiro atoms. The van der Waals surface area contributed by atoms with Gasteiger partial charge in [-0.25, -0.2) is 0 Å². The highest BCUT2D eigenvalue weighted by Gasteiger charge is 2.26. The quantitative estimate of drug-likeness (QED) is 0.612. The first-order valence-electron chi connectivity index (χ1n) is 10.1. The molecule has 3 heteroatoms. The van der Waals surface area contributed by atoms with Crippen molar-refractivity contribution in [2.24, 2.45) is 10.7 Å². The molecule has 0 bridgehead atoms. The number of hydrogen-bond donors (Lipinski definition) is 1. The number of para-hydroxylation sites is 1. The minimum absolute atomic E-state index is 0.672. The van der Waals surface area contributed by atoms with Crippen LogP contribution < -0.4 is 10.5 Å². The average molecular weight is 368 g/mol. The molecule has 0 radical (unpaired) electrons. The minimum atomic E-state index is 0.672. The highest BCUT2D eigenvalue weighted by atomic mass is 16.5. The van der Waals surface area contributed by atoms with E-state index in [4.69, 9.17) is 10.5 Å². The number of aliphatic imine (C=N–C) groups is 1. The molecule has 140 valence electrons. The molecule has 1 heterocycles. The van der Waals surface area contributed by atoms with Crippen LogP contribution in [0.2, 0.25) is 0 Å². The average Bonchev–Trinajstić information content (AvgIpc) is 3.40. The smallest absolute Gasteiger partial charge is 0.127 e. The van der Waals surface area contributed by atoms with Crippen molar-refractivity contribution in [2.75, 3.05) is 0 Å². The van der Waals surface area contributed by atoms with Gasteiger partial charge in [-0.15, -0.1) is 0 Å². The second-order valence-corrected chi connectivity index (χ2v) is 7.68. The van der Waals surface area contributed by atoms with E-state index in [2.05, 4.69) is 29.3 Å². The normalized spacial score (nSPS) is 16.1. The molecule has 3 aromatic rings. The molecule has 28 heavy (non-hydrogen) atoms.